The van der Waals surface area contributed by atoms with E-state index in [0.717, 1.165) is 0 Å². The van der Waals surface area contributed by atoms with Gasteiger partial charge in [0.15, 0.2) is 5.69 Å². The van der Waals surface area contributed by atoms with Gasteiger partial charge in [0.1, 0.15) is 0 Å². The van der Waals surface area contributed by atoms with Crippen molar-refractivity contribution >= 4 is 23.0 Å². The number of rotatable bonds is 2. The highest BCUT2D eigenvalue weighted by Crippen LogP contribution is 2.19. The highest BCUT2D eigenvalue weighted by Gasteiger charge is 1.96. The summed E-state index contributed by atoms with van der Waals surface area (Å²) in [5.74, 6) is 0. The average Bonchev–Trinajstić information content (AvgIpc) is 2.61. The Morgan fingerprint density at radius 3 is 2.80 bits per heavy atom. The summed E-state index contributed by atoms with van der Waals surface area (Å²) in [7, 11) is 0. The first-order chi connectivity index (χ1) is 7.25. The van der Waals surface area contributed by atoms with Gasteiger partial charge in [-0.3, -0.25) is 9.89 Å². The summed E-state index contributed by atoms with van der Waals surface area (Å²) < 4.78 is 0. The Kier molecular flexibility index (Phi) is 2.64. The van der Waals surface area contributed by atoms with Crippen LogP contribution in [0.15, 0.2) is 45.5 Å². The number of halogens is 1. The van der Waals surface area contributed by atoms with Crippen molar-refractivity contribution in [1.29, 1.82) is 0 Å². The van der Waals surface area contributed by atoms with Gasteiger partial charge in [0.25, 0.3) is 5.56 Å². The summed E-state index contributed by atoms with van der Waals surface area (Å²) in [4.78, 5) is 11.0. The van der Waals surface area contributed by atoms with E-state index in [9.17, 15) is 4.79 Å². The second-order valence-corrected chi connectivity index (χ2v) is 3.24. The molecule has 0 radical (unpaired) electrons. The molecule has 0 aliphatic rings. The first-order valence-corrected chi connectivity index (χ1v) is 4.57. The van der Waals surface area contributed by atoms with E-state index >= 15 is 0 Å². The van der Waals surface area contributed by atoms with Gasteiger partial charge >= 0.3 is 0 Å². The lowest BCUT2D eigenvalue weighted by Gasteiger charge is -1.91. The van der Waals surface area contributed by atoms with Crippen molar-refractivity contribution in [3.63, 3.8) is 0 Å². The minimum absolute atomic E-state index is 0.231. The molecule has 2 rings (SSSR count). The Labute approximate surface area is 89.8 Å². The van der Waals surface area contributed by atoms with Crippen molar-refractivity contribution in [3.8, 4) is 0 Å². The third-order valence-corrected chi connectivity index (χ3v) is 1.94. The molecule has 0 unspecified atom stereocenters. The zero-order valence-electron chi connectivity index (χ0n) is 7.57. The maximum Gasteiger partial charge on any atom is 0.291 e. The van der Waals surface area contributed by atoms with Crippen LogP contribution in [0.5, 0.6) is 0 Å². The fourth-order valence-electron chi connectivity index (χ4n) is 1.02. The second-order valence-electron chi connectivity index (χ2n) is 2.81. The number of benzene rings is 1. The Balaban J connectivity index is 2.26. The third-order valence-electron chi connectivity index (χ3n) is 1.71. The Morgan fingerprint density at radius 1 is 1.27 bits per heavy atom. The minimum atomic E-state index is -0.305. The summed E-state index contributed by atoms with van der Waals surface area (Å²) in [6, 6.07) is 6.91. The Bertz CT molecular complexity index is 543. The fourth-order valence-corrected chi connectivity index (χ4v) is 1.21. The molecule has 0 spiro atoms. The van der Waals surface area contributed by atoms with Gasteiger partial charge in [-0.15, -0.1) is 5.11 Å². The van der Waals surface area contributed by atoms with E-state index in [1.807, 2.05) is 0 Å². The highest BCUT2D eigenvalue weighted by atomic mass is 35.5. The minimum Gasteiger partial charge on any atom is -0.303 e. The van der Waals surface area contributed by atoms with E-state index < -0.39 is 0 Å². The normalized spacial score (nSPS) is 11.0. The predicted octanol–water partition coefficient (Wildman–Crippen LogP) is 2.77. The van der Waals surface area contributed by atoms with Gasteiger partial charge in [0, 0.05) is 5.02 Å². The quantitative estimate of drug-likeness (QED) is 0.754. The lowest BCUT2D eigenvalue weighted by Crippen LogP contribution is -1.96. The van der Waals surface area contributed by atoms with Gasteiger partial charge < -0.3 is 5.10 Å². The molecule has 0 atom stereocenters. The smallest absolute Gasteiger partial charge is 0.291 e. The van der Waals surface area contributed by atoms with E-state index in [1.165, 1.54) is 6.20 Å². The first kappa shape index (κ1) is 9.67. The van der Waals surface area contributed by atoms with Crippen molar-refractivity contribution in [2.75, 3.05) is 0 Å². The fraction of sp³-hybridized carbons (Fsp3) is 0. The van der Waals surface area contributed by atoms with Crippen LogP contribution in [0, 0.1) is 0 Å². The van der Waals surface area contributed by atoms with Crippen LogP contribution in [-0.4, -0.2) is 10.2 Å². The molecule has 2 aromatic rings. The number of aromatic nitrogens is 2. The monoisotopic (exact) mass is 222 g/mol. The third kappa shape index (κ3) is 2.32. The molecule has 76 valence electrons. The molecule has 1 aromatic heterocycles. The number of H-pyrrole nitrogens is 2. The van der Waals surface area contributed by atoms with Crippen LogP contribution >= 0.6 is 11.6 Å². The van der Waals surface area contributed by atoms with Crippen molar-refractivity contribution in [2.45, 2.75) is 0 Å². The van der Waals surface area contributed by atoms with Gasteiger partial charge in [0.2, 0.25) is 0 Å². The molecular weight excluding hydrogens is 216 g/mol. The second kappa shape index (κ2) is 4.10. The molecule has 0 saturated heterocycles. The SMILES string of the molecule is O=c1[nH][nH]cc1N=Nc1cccc(Cl)c1. The highest BCUT2D eigenvalue weighted by molar-refractivity contribution is 6.30. The lowest BCUT2D eigenvalue weighted by atomic mass is 10.3. The number of nitrogens with one attached hydrogen (secondary N) is 2. The molecule has 0 aliphatic heterocycles. The van der Waals surface area contributed by atoms with Crippen LogP contribution in [-0.2, 0) is 0 Å². The predicted molar refractivity (Wildman–Crippen MR) is 57.0 cm³/mol. The summed E-state index contributed by atoms with van der Waals surface area (Å²) >= 11 is 5.76. The molecule has 0 bridgehead atoms. The van der Waals surface area contributed by atoms with Gasteiger partial charge in [-0.25, -0.2) is 0 Å². The number of hydrogen-bond donors (Lipinski definition) is 2. The van der Waals surface area contributed by atoms with Crippen molar-refractivity contribution < 1.29 is 0 Å². The van der Waals surface area contributed by atoms with Crippen LogP contribution in [0.1, 0.15) is 0 Å². The number of nitrogens with zero attached hydrogens (tertiary/aromatic N) is 2. The zero-order chi connectivity index (χ0) is 10.7. The molecule has 15 heavy (non-hydrogen) atoms. The topological polar surface area (TPSA) is 73.4 Å². The van der Waals surface area contributed by atoms with E-state index in [-0.39, 0.29) is 11.2 Å². The molecular formula is C9H7ClN4O. The van der Waals surface area contributed by atoms with Crippen LogP contribution in [0.25, 0.3) is 0 Å². The van der Waals surface area contributed by atoms with E-state index in [1.54, 1.807) is 24.3 Å². The van der Waals surface area contributed by atoms with Crippen LogP contribution in [0.3, 0.4) is 0 Å². The molecule has 5 nitrogen and oxygen atoms in total. The van der Waals surface area contributed by atoms with E-state index in [2.05, 4.69) is 20.4 Å². The average molecular weight is 223 g/mol. The Hall–Kier alpha value is -1.88. The molecule has 6 heteroatoms. The van der Waals surface area contributed by atoms with Crippen molar-refractivity contribution in [3.05, 3.63) is 45.8 Å². The summed E-state index contributed by atoms with van der Waals surface area (Å²) in [5, 5.41) is 13.1. The first-order valence-electron chi connectivity index (χ1n) is 4.19. The number of hydrogen-bond acceptors (Lipinski definition) is 3. The lowest BCUT2D eigenvalue weighted by molar-refractivity contribution is 1.06. The van der Waals surface area contributed by atoms with Gasteiger partial charge in [-0.2, -0.15) is 5.11 Å². The summed E-state index contributed by atoms with van der Waals surface area (Å²) in [6.45, 7) is 0. The number of azo groups is 1. The maximum atomic E-state index is 11.0. The molecule has 1 aromatic carbocycles. The van der Waals surface area contributed by atoms with Gasteiger partial charge in [-0.05, 0) is 18.2 Å². The molecule has 1 heterocycles. The molecule has 2 N–H and O–H groups in total. The molecule has 0 amide bonds. The van der Waals surface area contributed by atoms with E-state index in [4.69, 9.17) is 11.6 Å². The summed E-state index contributed by atoms with van der Waals surface area (Å²) in [5.41, 5.74) is 0.527. The molecule has 0 saturated carbocycles. The van der Waals surface area contributed by atoms with Crippen molar-refractivity contribution in [2.24, 2.45) is 10.2 Å². The standard InChI is InChI=1S/C9H7ClN4O/c10-6-2-1-3-7(4-6)12-13-8-5-11-14-9(8)15/h1-5H,(H2,11,14,15). The van der Waals surface area contributed by atoms with Crippen LogP contribution in [0.4, 0.5) is 11.4 Å². The van der Waals surface area contributed by atoms with Gasteiger partial charge in [0.05, 0.1) is 11.9 Å². The van der Waals surface area contributed by atoms with Crippen molar-refractivity contribution in [1.82, 2.24) is 10.2 Å². The number of aromatic amines is 2. The largest absolute Gasteiger partial charge is 0.303 e. The molecule has 0 fully saturated rings. The Morgan fingerprint density at radius 2 is 2.13 bits per heavy atom. The summed E-state index contributed by atoms with van der Waals surface area (Å²) in [6.07, 6.45) is 1.44. The van der Waals surface area contributed by atoms with Crippen LogP contribution < -0.4 is 5.56 Å². The zero-order valence-corrected chi connectivity index (χ0v) is 8.32. The molecule has 0 aliphatic carbocycles. The maximum absolute atomic E-state index is 11.0. The van der Waals surface area contributed by atoms with Gasteiger partial charge in [-0.1, -0.05) is 17.7 Å². The van der Waals surface area contributed by atoms with Crippen LogP contribution in [0.2, 0.25) is 5.02 Å². The van der Waals surface area contributed by atoms with E-state index in [0.29, 0.717) is 10.7 Å².